The highest BCUT2D eigenvalue weighted by atomic mass is 35.5. The van der Waals surface area contributed by atoms with Gasteiger partial charge in [-0.1, -0.05) is 17.7 Å². The highest BCUT2D eigenvalue weighted by molar-refractivity contribution is 6.30. The number of benzene rings is 1. The molecule has 76 valence electrons. The van der Waals surface area contributed by atoms with Crippen LogP contribution >= 0.6 is 11.6 Å². The maximum absolute atomic E-state index is 10.9. The average Bonchev–Trinajstić information content (AvgIpc) is 2.12. The van der Waals surface area contributed by atoms with Gasteiger partial charge in [0.05, 0.1) is 7.11 Å². The van der Waals surface area contributed by atoms with Gasteiger partial charge in [-0.05, 0) is 36.6 Å². The highest BCUT2D eigenvalue weighted by Gasteiger charge is 2.02. The van der Waals surface area contributed by atoms with Crippen LogP contribution in [0.5, 0.6) is 0 Å². The fraction of sp³-hybridized carbons (Fsp3) is 0.364. The van der Waals surface area contributed by atoms with E-state index in [-0.39, 0.29) is 5.97 Å². The molecule has 0 radical (unpaired) electrons. The molecule has 0 fully saturated rings. The van der Waals surface area contributed by atoms with Gasteiger partial charge in [-0.3, -0.25) is 4.79 Å². The second-order valence-electron chi connectivity index (χ2n) is 3.21. The van der Waals surface area contributed by atoms with Gasteiger partial charge in [0.2, 0.25) is 0 Å². The standard InChI is InChI=1S/C11H13ClO2/c1-8-5-9(7-10(12)6-8)3-4-11(13)14-2/h5-7H,3-4H2,1-2H3. The summed E-state index contributed by atoms with van der Waals surface area (Å²) in [6, 6.07) is 5.79. The summed E-state index contributed by atoms with van der Waals surface area (Å²) in [6.07, 6.45) is 1.07. The summed E-state index contributed by atoms with van der Waals surface area (Å²) < 4.78 is 4.56. The summed E-state index contributed by atoms with van der Waals surface area (Å²) in [5, 5.41) is 0.713. The van der Waals surface area contributed by atoms with E-state index in [4.69, 9.17) is 11.6 Å². The molecular formula is C11H13ClO2. The molecule has 0 aliphatic rings. The topological polar surface area (TPSA) is 26.3 Å². The van der Waals surface area contributed by atoms with Crippen molar-refractivity contribution in [2.45, 2.75) is 19.8 Å². The van der Waals surface area contributed by atoms with Gasteiger partial charge in [0, 0.05) is 11.4 Å². The van der Waals surface area contributed by atoms with Crippen LogP contribution < -0.4 is 0 Å². The Balaban J connectivity index is 2.63. The molecule has 0 unspecified atom stereocenters. The molecule has 1 aromatic rings. The third-order valence-corrected chi connectivity index (χ3v) is 2.17. The minimum atomic E-state index is -0.192. The maximum Gasteiger partial charge on any atom is 0.305 e. The monoisotopic (exact) mass is 212 g/mol. The van der Waals surface area contributed by atoms with E-state index in [0.717, 1.165) is 11.1 Å². The smallest absolute Gasteiger partial charge is 0.305 e. The lowest BCUT2D eigenvalue weighted by atomic mass is 10.1. The predicted octanol–water partition coefficient (Wildman–Crippen LogP) is 2.75. The van der Waals surface area contributed by atoms with Crippen LogP contribution in [0.2, 0.25) is 5.02 Å². The molecule has 0 aromatic heterocycles. The Bertz CT molecular complexity index is 314. The third-order valence-electron chi connectivity index (χ3n) is 1.95. The molecule has 0 bridgehead atoms. The fourth-order valence-corrected chi connectivity index (χ4v) is 1.62. The van der Waals surface area contributed by atoms with Crippen LogP contribution in [-0.4, -0.2) is 13.1 Å². The zero-order valence-corrected chi connectivity index (χ0v) is 9.10. The van der Waals surface area contributed by atoms with Gasteiger partial charge in [-0.2, -0.15) is 0 Å². The van der Waals surface area contributed by atoms with Gasteiger partial charge < -0.3 is 4.74 Å². The first-order chi connectivity index (χ1) is 6.61. The lowest BCUT2D eigenvalue weighted by Crippen LogP contribution is -2.01. The van der Waals surface area contributed by atoms with Crippen LogP contribution in [0.1, 0.15) is 17.5 Å². The molecule has 0 N–H and O–H groups in total. The van der Waals surface area contributed by atoms with Crippen molar-refractivity contribution >= 4 is 17.6 Å². The molecule has 2 nitrogen and oxygen atoms in total. The first kappa shape index (κ1) is 11.1. The number of aryl methyl sites for hydroxylation is 2. The molecule has 0 heterocycles. The summed E-state index contributed by atoms with van der Waals surface area (Å²) in [5.74, 6) is -0.192. The first-order valence-electron chi connectivity index (χ1n) is 4.44. The average molecular weight is 213 g/mol. The largest absolute Gasteiger partial charge is 0.469 e. The van der Waals surface area contributed by atoms with Crippen molar-refractivity contribution < 1.29 is 9.53 Å². The number of halogens is 1. The van der Waals surface area contributed by atoms with E-state index in [1.807, 2.05) is 25.1 Å². The number of ether oxygens (including phenoxy) is 1. The normalized spacial score (nSPS) is 9.93. The van der Waals surface area contributed by atoms with Crippen LogP contribution in [0.25, 0.3) is 0 Å². The fourth-order valence-electron chi connectivity index (χ4n) is 1.30. The summed E-state index contributed by atoms with van der Waals surface area (Å²) in [7, 11) is 1.39. The Morgan fingerprint density at radius 1 is 1.43 bits per heavy atom. The van der Waals surface area contributed by atoms with E-state index < -0.39 is 0 Å². The number of hydrogen-bond donors (Lipinski definition) is 0. The number of methoxy groups -OCH3 is 1. The van der Waals surface area contributed by atoms with E-state index in [1.54, 1.807) is 0 Å². The number of carbonyl (C=O) groups is 1. The molecule has 14 heavy (non-hydrogen) atoms. The number of carbonyl (C=O) groups excluding carboxylic acids is 1. The predicted molar refractivity (Wildman–Crippen MR) is 56.5 cm³/mol. The third kappa shape index (κ3) is 3.38. The number of rotatable bonds is 3. The quantitative estimate of drug-likeness (QED) is 0.721. The molecule has 3 heteroatoms. The number of esters is 1. The van der Waals surface area contributed by atoms with Gasteiger partial charge in [0.1, 0.15) is 0 Å². The van der Waals surface area contributed by atoms with Gasteiger partial charge >= 0.3 is 5.97 Å². The lowest BCUT2D eigenvalue weighted by Gasteiger charge is -2.03. The van der Waals surface area contributed by atoms with E-state index in [0.29, 0.717) is 17.9 Å². The molecule has 0 spiro atoms. The maximum atomic E-state index is 10.9. The van der Waals surface area contributed by atoms with E-state index in [9.17, 15) is 4.79 Å². The first-order valence-corrected chi connectivity index (χ1v) is 4.82. The summed E-state index contributed by atoms with van der Waals surface area (Å²) in [4.78, 5) is 10.9. The van der Waals surface area contributed by atoms with Crippen molar-refractivity contribution in [3.63, 3.8) is 0 Å². The zero-order chi connectivity index (χ0) is 10.6. The minimum absolute atomic E-state index is 0.192. The molecule has 0 atom stereocenters. The van der Waals surface area contributed by atoms with E-state index in [2.05, 4.69) is 4.74 Å². The Hall–Kier alpha value is -1.02. The number of hydrogen-bond acceptors (Lipinski definition) is 2. The molecule has 0 aliphatic carbocycles. The van der Waals surface area contributed by atoms with Crippen molar-refractivity contribution in [1.29, 1.82) is 0 Å². The molecule has 0 saturated heterocycles. The summed E-state index contributed by atoms with van der Waals surface area (Å²) in [6.45, 7) is 1.98. The lowest BCUT2D eigenvalue weighted by molar-refractivity contribution is -0.140. The molecular weight excluding hydrogens is 200 g/mol. The SMILES string of the molecule is COC(=O)CCc1cc(C)cc(Cl)c1. The Morgan fingerprint density at radius 2 is 2.14 bits per heavy atom. The van der Waals surface area contributed by atoms with Gasteiger partial charge in [0.25, 0.3) is 0 Å². The van der Waals surface area contributed by atoms with Crippen molar-refractivity contribution in [1.82, 2.24) is 0 Å². The van der Waals surface area contributed by atoms with Gasteiger partial charge in [0.15, 0.2) is 0 Å². The Labute approximate surface area is 88.8 Å². The van der Waals surface area contributed by atoms with Crippen LogP contribution in [0.4, 0.5) is 0 Å². The van der Waals surface area contributed by atoms with Gasteiger partial charge in [-0.15, -0.1) is 0 Å². The zero-order valence-electron chi connectivity index (χ0n) is 8.34. The highest BCUT2D eigenvalue weighted by Crippen LogP contribution is 2.15. The molecule has 0 saturated carbocycles. The van der Waals surface area contributed by atoms with Crippen molar-refractivity contribution in [3.8, 4) is 0 Å². The summed E-state index contributed by atoms with van der Waals surface area (Å²) >= 11 is 5.88. The van der Waals surface area contributed by atoms with E-state index >= 15 is 0 Å². The van der Waals surface area contributed by atoms with Crippen molar-refractivity contribution in [2.75, 3.05) is 7.11 Å². The molecule has 1 rings (SSSR count). The van der Waals surface area contributed by atoms with Crippen LogP contribution in [0.3, 0.4) is 0 Å². The minimum Gasteiger partial charge on any atom is -0.469 e. The Kier molecular flexibility index (Phi) is 3.96. The van der Waals surface area contributed by atoms with Crippen molar-refractivity contribution in [2.24, 2.45) is 0 Å². The molecule has 0 amide bonds. The van der Waals surface area contributed by atoms with E-state index in [1.165, 1.54) is 7.11 Å². The second kappa shape index (κ2) is 5.01. The molecule has 0 aliphatic heterocycles. The molecule has 1 aromatic carbocycles. The summed E-state index contributed by atoms with van der Waals surface area (Å²) in [5.41, 5.74) is 2.18. The van der Waals surface area contributed by atoms with Crippen molar-refractivity contribution in [3.05, 3.63) is 34.3 Å². The Morgan fingerprint density at radius 3 is 2.71 bits per heavy atom. The van der Waals surface area contributed by atoms with Crippen LogP contribution in [0.15, 0.2) is 18.2 Å². The second-order valence-corrected chi connectivity index (χ2v) is 3.65. The van der Waals surface area contributed by atoms with Gasteiger partial charge in [-0.25, -0.2) is 0 Å². The van der Waals surface area contributed by atoms with Crippen LogP contribution in [-0.2, 0) is 16.0 Å². The van der Waals surface area contributed by atoms with Crippen LogP contribution in [0, 0.1) is 6.92 Å².